The molecule has 0 atom stereocenters. The lowest BCUT2D eigenvalue weighted by molar-refractivity contribution is 0.0393. The van der Waals surface area contributed by atoms with Crippen molar-refractivity contribution in [2.45, 2.75) is 31.7 Å². The molecule has 0 radical (unpaired) electrons. The van der Waals surface area contributed by atoms with E-state index in [-0.39, 0.29) is 5.54 Å². The van der Waals surface area contributed by atoms with Crippen LogP contribution in [-0.4, -0.2) is 43.3 Å². The molecule has 3 nitrogen and oxygen atoms in total. The van der Waals surface area contributed by atoms with Gasteiger partial charge in [-0.3, -0.25) is 4.90 Å². The van der Waals surface area contributed by atoms with Crippen LogP contribution in [0.15, 0.2) is 12.7 Å². The van der Waals surface area contributed by atoms with Crippen molar-refractivity contribution in [3.8, 4) is 0 Å². The molecular weight excluding hydrogens is 188 g/mol. The fourth-order valence-corrected chi connectivity index (χ4v) is 2.12. The van der Waals surface area contributed by atoms with Crippen LogP contribution in [0.5, 0.6) is 0 Å². The fraction of sp³-hybridized carbons (Fsp3) is 0.833. The van der Waals surface area contributed by atoms with E-state index in [9.17, 15) is 0 Å². The third-order valence-electron chi connectivity index (χ3n) is 2.95. The van der Waals surface area contributed by atoms with Crippen LogP contribution in [0.4, 0.5) is 0 Å². The smallest absolute Gasteiger partial charge is 0.0484 e. The Morgan fingerprint density at radius 2 is 2.13 bits per heavy atom. The van der Waals surface area contributed by atoms with Gasteiger partial charge in [0.2, 0.25) is 0 Å². The maximum Gasteiger partial charge on any atom is 0.0484 e. The highest BCUT2D eigenvalue weighted by molar-refractivity contribution is 4.90. The van der Waals surface area contributed by atoms with Gasteiger partial charge in [-0.25, -0.2) is 0 Å². The van der Waals surface area contributed by atoms with Crippen LogP contribution in [0.2, 0.25) is 0 Å². The highest BCUT2D eigenvalue weighted by Gasteiger charge is 2.29. The molecule has 0 aromatic heterocycles. The summed E-state index contributed by atoms with van der Waals surface area (Å²) in [4.78, 5) is 2.39. The summed E-state index contributed by atoms with van der Waals surface area (Å²) in [7, 11) is 0. The molecule has 15 heavy (non-hydrogen) atoms. The van der Waals surface area contributed by atoms with Crippen molar-refractivity contribution in [1.82, 2.24) is 4.90 Å². The van der Waals surface area contributed by atoms with Crippen LogP contribution >= 0.6 is 0 Å². The molecule has 2 N–H and O–H groups in total. The first-order valence-electron chi connectivity index (χ1n) is 5.90. The number of hydrogen-bond acceptors (Lipinski definition) is 3. The summed E-state index contributed by atoms with van der Waals surface area (Å²) in [6.07, 6.45) is 5.08. The quantitative estimate of drug-likeness (QED) is 0.676. The van der Waals surface area contributed by atoms with Gasteiger partial charge in [-0.15, -0.1) is 6.58 Å². The Hall–Kier alpha value is -0.380. The lowest BCUT2D eigenvalue weighted by Gasteiger charge is -2.37. The van der Waals surface area contributed by atoms with Crippen LogP contribution in [0.25, 0.3) is 0 Å². The Morgan fingerprint density at radius 1 is 1.47 bits per heavy atom. The predicted molar refractivity (Wildman–Crippen MR) is 63.9 cm³/mol. The van der Waals surface area contributed by atoms with E-state index >= 15 is 0 Å². The number of ether oxygens (including phenoxy) is 1. The zero-order valence-corrected chi connectivity index (χ0v) is 9.87. The van der Waals surface area contributed by atoms with Crippen molar-refractivity contribution in [1.29, 1.82) is 0 Å². The van der Waals surface area contributed by atoms with Gasteiger partial charge < -0.3 is 10.5 Å². The minimum atomic E-state index is -0.0452. The Balaban J connectivity index is 2.43. The third kappa shape index (κ3) is 4.33. The van der Waals surface area contributed by atoms with Gasteiger partial charge in [0.15, 0.2) is 0 Å². The molecule has 1 saturated heterocycles. The molecular formula is C12H24N2O. The summed E-state index contributed by atoms with van der Waals surface area (Å²) >= 11 is 0. The topological polar surface area (TPSA) is 38.5 Å². The first kappa shape index (κ1) is 12.7. The summed E-state index contributed by atoms with van der Waals surface area (Å²) in [5, 5.41) is 0. The van der Waals surface area contributed by atoms with Crippen LogP contribution < -0.4 is 5.73 Å². The largest absolute Gasteiger partial charge is 0.381 e. The minimum Gasteiger partial charge on any atom is -0.381 e. The molecule has 0 aromatic carbocycles. The van der Waals surface area contributed by atoms with Crippen LogP contribution in [0.1, 0.15) is 26.2 Å². The average molecular weight is 212 g/mol. The number of hydrogen-bond donors (Lipinski definition) is 1. The van der Waals surface area contributed by atoms with Crippen LogP contribution in [0.3, 0.4) is 0 Å². The molecule has 0 saturated carbocycles. The number of rotatable bonds is 6. The SMILES string of the molecule is C=CCN(CCC)CC1(N)CCOCC1. The monoisotopic (exact) mass is 212 g/mol. The predicted octanol–water partition coefficient (Wildman–Crippen LogP) is 1.39. The molecule has 0 aliphatic carbocycles. The van der Waals surface area contributed by atoms with Gasteiger partial charge in [-0.05, 0) is 25.8 Å². The molecule has 88 valence electrons. The molecule has 1 rings (SSSR count). The molecule has 1 heterocycles. The summed E-state index contributed by atoms with van der Waals surface area (Å²) in [5.74, 6) is 0. The second kappa shape index (κ2) is 6.26. The summed E-state index contributed by atoms with van der Waals surface area (Å²) in [6.45, 7) is 10.6. The average Bonchev–Trinajstić information content (AvgIpc) is 2.19. The maximum atomic E-state index is 6.36. The van der Waals surface area contributed by atoms with Crippen molar-refractivity contribution >= 4 is 0 Å². The minimum absolute atomic E-state index is 0.0452. The zero-order chi connectivity index (χ0) is 11.1. The van der Waals surface area contributed by atoms with Crippen molar-refractivity contribution < 1.29 is 4.74 Å². The Labute approximate surface area is 93.3 Å². The molecule has 3 heteroatoms. The van der Waals surface area contributed by atoms with E-state index in [0.29, 0.717) is 0 Å². The number of nitrogens with zero attached hydrogens (tertiary/aromatic N) is 1. The molecule has 0 aromatic rings. The van der Waals surface area contributed by atoms with Gasteiger partial charge in [-0.1, -0.05) is 13.0 Å². The van der Waals surface area contributed by atoms with Gasteiger partial charge >= 0.3 is 0 Å². The van der Waals surface area contributed by atoms with Gasteiger partial charge in [0.25, 0.3) is 0 Å². The lowest BCUT2D eigenvalue weighted by atomic mass is 9.90. The van der Waals surface area contributed by atoms with E-state index in [2.05, 4.69) is 18.4 Å². The summed E-state index contributed by atoms with van der Waals surface area (Å²) < 4.78 is 5.35. The van der Waals surface area contributed by atoms with Crippen LogP contribution in [0, 0.1) is 0 Å². The Bertz CT molecular complexity index is 188. The Morgan fingerprint density at radius 3 is 2.67 bits per heavy atom. The van der Waals surface area contributed by atoms with Crippen molar-refractivity contribution in [2.75, 3.05) is 32.8 Å². The molecule has 0 spiro atoms. The molecule has 0 amide bonds. The van der Waals surface area contributed by atoms with Gasteiger partial charge in [-0.2, -0.15) is 0 Å². The van der Waals surface area contributed by atoms with E-state index in [1.807, 2.05) is 6.08 Å². The van der Waals surface area contributed by atoms with Crippen molar-refractivity contribution in [3.63, 3.8) is 0 Å². The molecule has 1 aliphatic rings. The highest BCUT2D eigenvalue weighted by Crippen LogP contribution is 2.19. The lowest BCUT2D eigenvalue weighted by Crippen LogP contribution is -2.53. The van der Waals surface area contributed by atoms with Crippen molar-refractivity contribution in [2.24, 2.45) is 5.73 Å². The molecule has 1 aliphatic heterocycles. The van der Waals surface area contributed by atoms with E-state index in [1.54, 1.807) is 0 Å². The standard InChI is InChI=1S/C12H24N2O/c1-3-7-14(8-4-2)11-12(13)5-9-15-10-6-12/h3H,1,4-11,13H2,2H3. The Kier molecular flexibility index (Phi) is 5.29. The van der Waals surface area contributed by atoms with Crippen LogP contribution in [-0.2, 0) is 4.74 Å². The van der Waals surface area contributed by atoms with Gasteiger partial charge in [0.05, 0.1) is 0 Å². The highest BCUT2D eigenvalue weighted by atomic mass is 16.5. The van der Waals surface area contributed by atoms with Gasteiger partial charge in [0.1, 0.15) is 0 Å². The molecule has 1 fully saturated rings. The third-order valence-corrected chi connectivity index (χ3v) is 2.95. The first-order valence-corrected chi connectivity index (χ1v) is 5.90. The van der Waals surface area contributed by atoms with E-state index in [1.165, 1.54) is 6.42 Å². The first-order chi connectivity index (χ1) is 7.20. The summed E-state index contributed by atoms with van der Waals surface area (Å²) in [6, 6.07) is 0. The van der Waals surface area contributed by atoms with E-state index < -0.39 is 0 Å². The maximum absolute atomic E-state index is 6.36. The van der Waals surface area contributed by atoms with Crippen molar-refractivity contribution in [3.05, 3.63) is 12.7 Å². The van der Waals surface area contributed by atoms with Gasteiger partial charge in [0, 0.05) is 31.8 Å². The van der Waals surface area contributed by atoms with E-state index in [4.69, 9.17) is 10.5 Å². The summed E-state index contributed by atoms with van der Waals surface area (Å²) in [5.41, 5.74) is 6.32. The second-order valence-corrected chi connectivity index (χ2v) is 4.50. The molecule has 0 unspecified atom stereocenters. The number of nitrogens with two attached hydrogens (primary N) is 1. The molecule has 0 bridgehead atoms. The normalized spacial score (nSPS) is 20.5. The second-order valence-electron chi connectivity index (χ2n) is 4.50. The van der Waals surface area contributed by atoms with E-state index in [0.717, 1.165) is 45.7 Å². The zero-order valence-electron chi connectivity index (χ0n) is 9.87. The fourth-order valence-electron chi connectivity index (χ4n) is 2.12.